The van der Waals surface area contributed by atoms with Gasteiger partial charge in [-0.15, -0.1) is 0 Å². The fourth-order valence-corrected chi connectivity index (χ4v) is 3.13. The molecule has 9 heteroatoms. The molecule has 0 bridgehead atoms. The van der Waals surface area contributed by atoms with Crippen molar-refractivity contribution >= 4 is 17.9 Å². The second kappa shape index (κ2) is 10.7. The van der Waals surface area contributed by atoms with Crippen LogP contribution in [0.1, 0.15) is 30.4 Å². The van der Waals surface area contributed by atoms with E-state index in [1.807, 2.05) is 0 Å². The van der Waals surface area contributed by atoms with E-state index in [0.29, 0.717) is 41.5 Å². The Labute approximate surface area is 184 Å². The summed E-state index contributed by atoms with van der Waals surface area (Å²) < 4.78 is 82.9. The lowest BCUT2D eigenvalue weighted by Crippen LogP contribution is -2.12. The predicted octanol–water partition coefficient (Wildman–Crippen LogP) is 7.73. The van der Waals surface area contributed by atoms with Gasteiger partial charge in [-0.05, 0) is 66.8 Å². The summed E-state index contributed by atoms with van der Waals surface area (Å²) in [7, 11) is 0. The van der Waals surface area contributed by atoms with Gasteiger partial charge >= 0.3 is 24.2 Å². The van der Waals surface area contributed by atoms with Crippen molar-refractivity contribution in [1.82, 2.24) is 0 Å². The Hall–Kier alpha value is -3.75. The molecule has 3 nitrogen and oxygen atoms in total. The van der Waals surface area contributed by atoms with E-state index >= 15 is 0 Å². The summed E-state index contributed by atoms with van der Waals surface area (Å²) in [5, 5.41) is 0. The van der Waals surface area contributed by atoms with Crippen LogP contribution in [0.5, 0.6) is 11.5 Å². The van der Waals surface area contributed by atoms with Gasteiger partial charge < -0.3 is 9.47 Å². The van der Waals surface area contributed by atoms with Crippen molar-refractivity contribution in [2.75, 3.05) is 0 Å². The highest BCUT2D eigenvalue weighted by molar-refractivity contribution is 6.13. The smallest absolute Gasteiger partial charge is 0.344 e. The molecule has 0 heterocycles. The minimum atomic E-state index is -2.56. The van der Waals surface area contributed by atoms with Crippen molar-refractivity contribution < 1.29 is 40.6 Å². The molecular formula is C24H16F6O3. The first-order chi connectivity index (χ1) is 15.7. The molecule has 0 saturated heterocycles. The van der Waals surface area contributed by atoms with Crippen LogP contribution in [0.15, 0.2) is 83.9 Å². The van der Waals surface area contributed by atoms with Gasteiger partial charge in [0.25, 0.3) is 0 Å². The maximum Gasteiger partial charge on any atom is 0.344 e. The second-order valence-electron chi connectivity index (χ2n) is 6.93. The van der Waals surface area contributed by atoms with Gasteiger partial charge in [0, 0.05) is 11.1 Å². The maximum atomic E-state index is 12.9. The van der Waals surface area contributed by atoms with Crippen LogP contribution in [0.3, 0.4) is 0 Å². The first-order valence-electron chi connectivity index (χ1n) is 9.66. The summed E-state index contributed by atoms with van der Waals surface area (Å²) in [6.45, 7) is 0. The molecule has 1 fully saturated rings. The number of halogens is 6. The van der Waals surface area contributed by atoms with Crippen molar-refractivity contribution in [2.24, 2.45) is 0 Å². The molecule has 0 spiro atoms. The maximum absolute atomic E-state index is 12.9. The molecule has 0 amide bonds. The van der Waals surface area contributed by atoms with E-state index in [4.69, 9.17) is 0 Å². The average molecular weight is 466 g/mol. The van der Waals surface area contributed by atoms with Gasteiger partial charge in [0.15, 0.2) is 5.78 Å². The molecule has 2 aromatic rings. The van der Waals surface area contributed by atoms with Crippen LogP contribution in [0.2, 0.25) is 0 Å². The van der Waals surface area contributed by atoms with Crippen LogP contribution >= 0.6 is 0 Å². The molecule has 0 aromatic heterocycles. The van der Waals surface area contributed by atoms with Gasteiger partial charge in [-0.2, -0.15) is 26.3 Å². The van der Waals surface area contributed by atoms with Gasteiger partial charge in [-0.3, -0.25) is 4.79 Å². The summed E-state index contributed by atoms with van der Waals surface area (Å²) in [4.78, 5) is 12.8. The summed E-state index contributed by atoms with van der Waals surface area (Å²) >= 11 is 0. The third kappa shape index (κ3) is 6.61. The van der Waals surface area contributed by atoms with Crippen LogP contribution in [-0.2, 0) is 4.79 Å². The molecule has 33 heavy (non-hydrogen) atoms. The van der Waals surface area contributed by atoms with Gasteiger partial charge in [0.2, 0.25) is 0 Å². The lowest BCUT2D eigenvalue weighted by atomic mass is 9.87. The van der Waals surface area contributed by atoms with E-state index in [-0.39, 0.29) is 17.3 Å². The molecule has 0 unspecified atom stereocenters. The molecule has 0 atom stereocenters. The highest BCUT2D eigenvalue weighted by Crippen LogP contribution is 2.29. The Morgan fingerprint density at radius 1 is 0.636 bits per heavy atom. The van der Waals surface area contributed by atoms with Crippen molar-refractivity contribution in [3.8, 4) is 11.5 Å². The zero-order valence-electron chi connectivity index (χ0n) is 16.9. The Morgan fingerprint density at radius 3 is 1.33 bits per heavy atom. The summed E-state index contributed by atoms with van der Waals surface area (Å²) in [5.41, 5.74) is 2.28. The quantitative estimate of drug-likeness (QED) is 0.248. The number of Topliss-reactive ketones (excluding diaryl/α,β-unsaturated/α-hetero) is 1. The van der Waals surface area contributed by atoms with E-state index in [1.165, 1.54) is 48.5 Å². The Balaban J connectivity index is 1.73. The third-order valence-electron chi connectivity index (χ3n) is 4.63. The van der Waals surface area contributed by atoms with Crippen molar-refractivity contribution in [3.63, 3.8) is 0 Å². The van der Waals surface area contributed by atoms with Crippen LogP contribution in [0.4, 0.5) is 26.3 Å². The van der Waals surface area contributed by atoms with E-state index in [2.05, 4.69) is 9.47 Å². The molecule has 0 radical (unpaired) electrons. The number of ether oxygens (including phenoxy) is 2. The van der Waals surface area contributed by atoms with E-state index in [1.54, 1.807) is 12.2 Å². The van der Waals surface area contributed by atoms with Crippen LogP contribution in [0, 0.1) is 0 Å². The summed E-state index contributed by atoms with van der Waals surface area (Å²) in [6, 6.07) is 7.26. The first kappa shape index (κ1) is 23.9. The highest BCUT2D eigenvalue weighted by atomic mass is 19.3. The van der Waals surface area contributed by atoms with Crippen molar-refractivity contribution in [1.29, 1.82) is 0 Å². The van der Waals surface area contributed by atoms with Gasteiger partial charge in [0.05, 0.1) is 0 Å². The fourth-order valence-electron chi connectivity index (χ4n) is 3.13. The third-order valence-corrected chi connectivity index (χ3v) is 4.63. The van der Waals surface area contributed by atoms with Crippen molar-refractivity contribution in [3.05, 3.63) is 95.0 Å². The molecule has 1 aliphatic rings. The second-order valence-corrected chi connectivity index (χ2v) is 6.93. The lowest BCUT2D eigenvalue weighted by molar-refractivity contribution is -0.112. The molecule has 1 aliphatic carbocycles. The highest BCUT2D eigenvalue weighted by Gasteiger charge is 2.20. The van der Waals surface area contributed by atoms with Gasteiger partial charge in [-0.1, -0.05) is 24.3 Å². The largest absolute Gasteiger partial charge is 0.428 e. The normalized spacial score (nSPS) is 16.0. The molecule has 172 valence electrons. The molecular weight excluding hydrogens is 450 g/mol. The number of rotatable bonds is 6. The van der Waals surface area contributed by atoms with Gasteiger partial charge in [-0.25, -0.2) is 0 Å². The van der Waals surface area contributed by atoms with E-state index in [0.717, 1.165) is 0 Å². The number of carbonyl (C=O) groups excluding carboxylic acids is 1. The van der Waals surface area contributed by atoms with Gasteiger partial charge in [0.1, 0.15) is 11.5 Å². The number of hydrogen-bond acceptors (Lipinski definition) is 3. The van der Waals surface area contributed by atoms with E-state index in [9.17, 15) is 31.1 Å². The average Bonchev–Trinajstić information content (AvgIpc) is 2.78. The Morgan fingerprint density at radius 2 is 1.00 bits per heavy atom. The van der Waals surface area contributed by atoms with Crippen molar-refractivity contribution in [2.45, 2.75) is 19.3 Å². The first-order valence-corrected chi connectivity index (χ1v) is 9.66. The number of allylic oxidation sites excluding steroid dienone is 2. The monoisotopic (exact) mass is 466 g/mol. The minimum Gasteiger partial charge on any atom is -0.428 e. The topological polar surface area (TPSA) is 35.5 Å². The standard InChI is InChI=1S/C24H16F6O3/c25-21(26)23(29)32-18-8-4-14(5-9-18)12-16-2-1-3-17(20(16)31)13-15-6-10-19(11-7-15)33-24(30)22(27)28/h4-13H,1-3H2/b16-12-,17-13+. The van der Waals surface area contributed by atoms with Crippen LogP contribution in [0.25, 0.3) is 12.2 Å². The molecule has 1 saturated carbocycles. The van der Waals surface area contributed by atoms with E-state index < -0.39 is 24.2 Å². The van der Waals surface area contributed by atoms with Crippen LogP contribution in [-0.4, -0.2) is 5.78 Å². The fraction of sp³-hybridized carbons (Fsp3) is 0.125. The zero-order chi connectivity index (χ0) is 24.0. The Kier molecular flexibility index (Phi) is 7.76. The SMILES string of the molecule is O=C1/C(=C\c2ccc(OC(F)=C(F)F)cc2)CCC/C1=C\c1ccc(OC(F)=C(F)F)cc1. The zero-order valence-corrected chi connectivity index (χ0v) is 16.9. The number of carbonyl (C=O) groups is 1. The minimum absolute atomic E-state index is 0.116. The number of benzene rings is 2. The number of ketones is 1. The summed E-state index contributed by atoms with van der Waals surface area (Å²) in [6.07, 6.45) is -0.0418. The molecule has 0 aliphatic heterocycles. The molecule has 0 N–H and O–H groups in total. The molecule has 3 rings (SSSR count). The predicted molar refractivity (Wildman–Crippen MR) is 110 cm³/mol. The molecule has 2 aromatic carbocycles. The lowest BCUT2D eigenvalue weighted by Gasteiger charge is -2.16. The van der Waals surface area contributed by atoms with Crippen LogP contribution < -0.4 is 9.47 Å². The Bertz CT molecular complexity index is 1050. The summed E-state index contributed by atoms with van der Waals surface area (Å²) in [5.74, 6) is -0.408. The number of hydrogen-bond donors (Lipinski definition) is 0.